The lowest BCUT2D eigenvalue weighted by Gasteiger charge is -2.10. The molecule has 1 aromatic heterocycles. The molecule has 0 fully saturated rings. The van der Waals surface area contributed by atoms with Crippen LogP contribution in [0.1, 0.15) is 16.8 Å². The molecule has 0 aliphatic heterocycles. The first-order chi connectivity index (χ1) is 10.0. The maximum atomic E-state index is 12.0. The Balaban J connectivity index is 2.19. The highest BCUT2D eigenvalue weighted by Gasteiger charge is 2.07. The Morgan fingerprint density at radius 2 is 1.90 bits per heavy atom. The van der Waals surface area contributed by atoms with Gasteiger partial charge in [-0.3, -0.25) is 14.9 Å². The molecule has 1 heterocycles. The minimum Gasteiger partial charge on any atom is -0.311 e. The van der Waals surface area contributed by atoms with Gasteiger partial charge >= 0.3 is 0 Å². The Hall–Kier alpha value is -2.94. The molecule has 2 rings (SSSR count). The fourth-order valence-corrected chi connectivity index (χ4v) is 2.06. The van der Waals surface area contributed by atoms with Crippen LogP contribution in [0.15, 0.2) is 41.2 Å². The molecule has 0 aliphatic carbocycles. The van der Waals surface area contributed by atoms with Crippen LogP contribution in [0.3, 0.4) is 0 Å². The summed E-state index contributed by atoms with van der Waals surface area (Å²) < 4.78 is 1.54. The standard InChI is InChI=1S/C15H13N3O3/c1-11-2-5-13(10-16)15(19)17(11)9-8-12-3-6-14(7-4-12)18(20)21/h2-7H,8-9H2,1H3. The molecule has 0 unspecified atom stereocenters. The van der Waals surface area contributed by atoms with Crippen molar-refractivity contribution in [3.8, 4) is 6.07 Å². The first kappa shape index (κ1) is 14.5. The summed E-state index contributed by atoms with van der Waals surface area (Å²) >= 11 is 0. The number of nitro benzene ring substituents is 1. The van der Waals surface area contributed by atoms with Crippen LogP contribution in [0.2, 0.25) is 0 Å². The normalized spacial score (nSPS) is 10.1. The van der Waals surface area contributed by atoms with Gasteiger partial charge in [0.05, 0.1) is 4.92 Å². The van der Waals surface area contributed by atoms with Crippen molar-refractivity contribution in [1.82, 2.24) is 4.57 Å². The van der Waals surface area contributed by atoms with Crippen molar-refractivity contribution in [2.45, 2.75) is 19.9 Å². The van der Waals surface area contributed by atoms with Crippen LogP contribution in [-0.2, 0) is 13.0 Å². The third kappa shape index (κ3) is 3.15. The summed E-state index contributed by atoms with van der Waals surface area (Å²) in [5.74, 6) is 0. The summed E-state index contributed by atoms with van der Waals surface area (Å²) in [5, 5.41) is 19.5. The smallest absolute Gasteiger partial charge is 0.269 e. The Labute approximate surface area is 121 Å². The molecule has 0 radical (unpaired) electrons. The van der Waals surface area contributed by atoms with Gasteiger partial charge in [-0.25, -0.2) is 0 Å². The van der Waals surface area contributed by atoms with E-state index >= 15 is 0 Å². The van der Waals surface area contributed by atoms with E-state index in [2.05, 4.69) is 0 Å². The molecule has 0 spiro atoms. The molecule has 0 aliphatic rings. The lowest BCUT2D eigenvalue weighted by atomic mass is 10.1. The second kappa shape index (κ2) is 6.01. The molecule has 0 saturated carbocycles. The minimum absolute atomic E-state index is 0.0403. The van der Waals surface area contributed by atoms with E-state index in [4.69, 9.17) is 5.26 Å². The Morgan fingerprint density at radius 1 is 1.24 bits per heavy atom. The number of nitrogens with zero attached hydrogens (tertiary/aromatic N) is 3. The van der Waals surface area contributed by atoms with Gasteiger partial charge in [0.25, 0.3) is 11.2 Å². The summed E-state index contributed by atoms with van der Waals surface area (Å²) in [7, 11) is 0. The highest BCUT2D eigenvalue weighted by atomic mass is 16.6. The first-order valence-electron chi connectivity index (χ1n) is 6.37. The monoisotopic (exact) mass is 283 g/mol. The largest absolute Gasteiger partial charge is 0.311 e. The number of non-ortho nitro benzene ring substituents is 1. The van der Waals surface area contributed by atoms with E-state index < -0.39 is 4.92 Å². The number of nitriles is 1. The Bertz CT molecular complexity index is 770. The van der Waals surface area contributed by atoms with Crippen molar-refractivity contribution in [2.75, 3.05) is 0 Å². The zero-order chi connectivity index (χ0) is 15.4. The lowest BCUT2D eigenvalue weighted by molar-refractivity contribution is -0.384. The second-order valence-corrected chi connectivity index (χ2v) is 4.63. The van der Waals surface area contributed by atoms with Gasteiger partial charge < -0.3 is 4.57 Å². The summed E-state index contributed by atoms with van der Waals surface area (Å²) in [6, 6.07) is 11.3. The fraction of sp³-hybridized carbons (Fsp3) is 0.200. The molecule has 0 saturated heterocycles. The lowest BCUT2D eigenvalue weighted by Crippen LogP contribution is -2.25. The molecule has 0 amide bonds. The van der Waals surface area contributed by atoms with Crippen molar-refractivity contribution in [3.63, 3.8) is 0 Å². The van der Waals surface area contributed by atoms with Gasteiger partial charge in [0.2, 0.25) is 0 Å². The topological polar surface area (TPSA) is 88.9 Å². The van der Waals surface area contributed by atoms with Crippen molar-refractivity contribution >= 4 is 5.69 Å². The maximum absolute atomic E-state index is 12.0. The van der Waals surface area contributed by atoms with Gasteiger partial charge in [0, 0.05) is 24.4 Å². The Morgan fingerprint density at radius 3 is 2.48 bits per heavy atom. The van der Waals surface area contributed by atoms with Gasteiger partial charge in [0.15, 0.2) is 0 Å². The summed E-state index contributed by atoms with van der Waals surface area (Å²) in [6.07, 6.45) is 0.563. The van der Waals surface area contributed by atoms with Crippen molar-refractivity contribution in [2.24, 2.45) is 0 Å². The van der Waals surface area contributed by atoms with Gasteiger partial charge in [-0.05, 0) is 31.0 Å². The predicted octanol–water partition coefficient (Wildman–Crippen LogP) is 2.18. The van der Waals surface area contributed by atoms with Crippen LogP contribution >= 0.6 is 0 Å². The van der Waals surface area contributed by atoms with Crippen molar-refractivity contribution in [3.05, 3.63) is 73.7 Å². The number of hydrogen-bond donors (Lipinski definition) is 0. The molecular formula is C15H13N3O3. The number of nitro groups is 1. The zero-order valence-corrected chi connectivity index (χ0v) is 11.4. The molecule has 0 N–H and O–H groups in total. The molecule has 21 heavy (non-hydrogen) atoms. The van der Waals surface area contributed by atoms with Gasteiger partial charge in [-0.2, -0.15) is 5.26 Å². The predicted molar refractivity (Wildman–Crippen MR) is 77.0 cm³/mol. The maximum Gasteiger partial charge on any atom is 0.269 e. The highest BCUT2D eigenvalue weighted by Crippen LogP contribution is 2.12. The van der Waals surface area contributed by atoms with Crippen LogP contribution in [0.4, 0.5) is 5.69 Å². The van der Waals surface area contributed by atoms with Crippen LogP contribution in [-0.4, -0.2) is 9.49 Å². The minimum atomic E-state index is -0.450. The molecule has 6 heteroatoms. The average Bonchev–Trinajstić information content (AvgIpc) is 2.47. The second-order valence-electron chi connectivity index (χ2n) is 4.63. The van der Waals surface area contributed by atoms with E-state index in [9.17, 15) is 14.9 Å². The molecule has 0 atom stereocenters. The van der Waals surface area contributed by atoms with E-state index in [1.54, 1.807) is 29.7 Å². The Kier molecular flexibility index (Phi) is 4.14. The summed E-state index contributed by atoms with van der Waals surface area (Å²) in [4.78, 5) is 22.2. The molecular weight excluding hydrogens is 270 g/mol. The SMILES string of the molecule is Cc1ccc(C#N)c(=O)n1CCc1ccc([N+](=O)[O-])cc1. The van der Waals surface area contributed by atoms with Gasteiger partial charge in [-0.1, -0.05) is 12.1 Å². The zero-order valence-electron chi connectivity index (χ0n) is 11.4. The van der Waals surface area contributed by atoms with E-state index in [-0.39, 0.29) is 16.8 Å². The molecule has 1 aromatic carbocycles. The van der Waals surface area contributed by atoms with Crippen LogP contribution < -0.4 is 5.56 Å². The van der Waals surface area contributed by atoms with Gasteiger partial charge in [-0.15, -0.1) is 0 Å². The number of rotatable bonds is 4. The molecule has 0 bridgehead atoms. The quantitative estimate of drug-likeness (QED) is 0.635. The average molecular weight is 283 g/mol. The highest BCUT2D eigenvalue weighted by molar-refractivity contribution is 5.33. The van der Waals surface area contributed by atoms with E-state index in [0.29, 0.717) is 13.0 Å². The summed E-state index contributed by atoms with van der Waals surface area (Å²) in [6.45, 7) is 2.23. The van der Waals surface area contributed by atoms with Crippen molar-refractivity contribution < 1.29 is 4.92 Å². The van der Waals surface area contributed by atoms with Crippen LogP contribution in [0, 0.1) is 28.4 Å². The number of hydrogen-bond acceptors (Lipinski definition) is 4. The van der Waals surface area contributed by atoms with Gasteiger partial charge in [0.1, 0.15) is 11.6 Å². The first-order valence-corrected chi connectivity index (χ1v) is 6.37. The third-order valence-electron chi connectivity index (χ3n) is 3.28. The van der Waals surface area contributed by atoms with E-state index in [1.165, 1.54) is 18.2 Å². The number of aryl methyl sites for hydroxylation is 2. The van der Waals surface area contributed by atoms with Crippen LogP contribution in [0.5, 0.6) is 0 Å². The van der Waals surface area contributed by atoms with Crippen molar-refractivity contribution in [1.29, 1.82) is 5.26 Å². The fourth-order valence-electron chi connectivity index (χ4n) is 2.06. The molecule has 2 aromatic rings. The number of benzene rings is 1. The van der Waals surface area contributed by atoms with E-state index in [0.717, 1.165) is 11.3 Å². The molecule has 6 nitrogen and oxygen atoms in total. The van der Waals surface area contributed by atoms with E-state index in [1.807, 2.05) is 6.07 Å². The molecule has 106 valence electrons. The summed E-state index contributed by atoms with van der Waals surface area (Å²) in [5.41, 5.74) is 1.53. The van der Waals surface area contributed by atoms with Crippen LogP contribution in [0.25, 0.3) is 0 Å². The number of aromatic nitrogens is 1. The third-order valence-corrected chi connectivity index (χ3v) is 3.28. The number of pyridine rings is 1.